The molecule has 8 N–H and O–H groups in total. The van der Waals surface area contributed by atoms with Crippen LogP contribution in [0.3, 0.4) is 0 Å². The fourth-order valence-electron chi connectivity index (χ4n) is 5.23. The highest BCUT2D eigenvalue weighted by Gasteiger charge is 2.19. The lowest BCUT2D eigenvalue weighted by molar-refractivity contribution is 0.486. The van der Waals surface area contributed by atoms with Crippen LogP contribution >= 0.6 is 0 Å². The summed E-state index contributed by atoms with van der Waals surface area (Å²) in [5, 5.41) is 0. The summed E-state index contributed by atoms with van der Waals surface area (Å²) in [6.45, 7) is 0. The van der Waals surface area contributed by atoms with Crippen LogP contribution in [0.5, 0.6) is 11.5 Å². The predicted octanol–water partition coefficient (Wildman–Crippen LogP) is 8.48. The molecular weight excluding hydrogens is 504 g/mol. The van der Waals surface area contributed by atoms with Gasteiger partial charge in [0, 0.05) is 33.9 Å². The van der Waals surface area contributed by atoms with Crippen LogP contribution in [0.2, 0.25) is 0 Å². The highest BCUT2D eigenvalue weighted by atomic mass is 16.5. The number of nitrogens with two attached hydrogens (primary N) is 4. The number of hydrogen-bond donors (Lipinski definition) is 4. The monoisotopic (exact) mass is 534 g/mol. The van der Waals surface area contributed by atoms with Crippen LogP contribution in [-0.2, 0) is 0 Å². The van der Waals surface area contributed by atoms with Crippen LogP contribution in [0.15, 0.2) is 133 Å². The van der Waals surface area contributed by atoms with Crippen LogP contribution in [0, 0.1) is 0 Å². The van der Waals surface area contributed by atoms with E-state index in [-0.39, 0.29) is 0 Å². The molecule has 0 aliphatic carbocycles. The first-order valence-electron chi connectivity index (χ1n) is 13.3. The Morgan fingerprint density at radius 3 is 1.02 bits per heavy atom. The Hall–Kier alpha value is -5.68. The second-order valence-corrected chi connectivity index (χ2v) is 9.96. The molecule has 0 aromatic heterocycles. The summed E-state index contributed by atoms with van der Waals surface area (Å²) in [6, 6.07) is 43.4. The second-order valence-electron chi connectivity index (χ2n) is 9.96. The zero-order valence-corrected chi connectivity index (χ0v) is 22.4. The van der Waals surface area contributed by atoms with E-state index in [1.54, 1.807) is 0 Å². The van der Waals surface area contributed by atoms with Gasteiger partial charge in [0.25, 0.3) is 0 Å². The molecule has 0 unspecified atom stereocenters. The Morgan fingerprint density at radius 2 is 0.659 bits per heavy atom. The zero-order valence-electron chi connectivity index (χ0n) is 22.4. The number of ether oxygens (including phenoxy) is 1. The SMILES string of the molecule is Nc1cccc(-c2cccc(Oc3cccc(-c4cccc(N)c4)c3-c3cccc(N)c3)c2-c2cccc(N)c2)c1. The van der Waals surface area contributed by atoms with Crippen molar-refractivity contribution in [2.24, 2.45) is 0 Å². The number of benzene rings is 6. The van der Waals surface area contributed by atoms with E-state index >= 15 is 0 Å². The zero-order chi connectivity index (χ0) is 28.3. The van der Waals surface area contributed by atoms with E-state index in [1.165, 1.54) is 0 Å². The van der Waals surface area contributed by atoms with Crippen molar-refractivity contribution in [2.45, 2.75) is 0 Å². The predicted molar refractivity (Wildman–Crippen MR) is 172 cm³/mol. The average Bonchev–Trinajstić information content (AvgIpc) is 2.97. The molecule has 6 aromatic carbocycles. The molecule has 0 fully saturated rings. The topological polar surface area (TPSA) is 113 Å². The summed E-state index contributed by atoms with van der Waals surface area (Å²) >= 11 is 0. The first-order valence-corrected chi connectivity index (χ1v) is 13.3. The van der Waals surface area contributed by atoms with E-state index in [4.69, 9.17) is 27.7 Å². The molecule has 0 radical (unpaired) electrons. The Kier molecular flexibility index (Phi) is 6.76. The third-order valence-electron chi connectivity index (χ3n) is 7.02. The van der Waals surface area contributed by atoms with Crippen molar-refractivity contribution in [3.63, 3.8) is 0 Å². The van der Waals surface area contributed by atoms with Gasteiger partial charge in [-0.2, -0.15) is 0 Å². The third-order valence-corrected chi connectivity index (χ3v) is 7.02. The first-order chi connectivity index (χ1) is 20.0. The van der Waals surface area contributed by atoms with Crippen LogP contribution in [-0.4, -0.2) is 0 Å². The molecule has 0 saturated carbocycles. The van der Waals surface area contributed by atoms with E-state index in [2.05, 4.69) is 12.1 Å². The molecule has 6 aromatic rings. The van der Waals surface area contributed by atoms with Gasteiger partial charge in [0.2, 0.25) is 0 Å². The van der Waals surface area contributed by atoms with Crippen molar-refractivity contribution in [1.29, 1.82) is 0 Å². The van der Waals surface area contributed by atoms with Crippen molar-refractivity contribution >= 4 is 22.7 Å². The lowest BCUT2D eigenvalue weighted by atomic mass is 9.92. The fourth-order valence-corrected chi connectivity index (χ4v) is 5.23. The smallest absolute Gasteiger partial charge is 0.135 e. The van der Waals surface area contributed by atoms with Gasteiger partial charge in [-0.25, -0.2) is 0 Å². The van der Waals surface area contributed by atoms with E-state index in [1.807, 2.05) is 121 Å². The summed E-state index contributed by atoms with van der Waals surface area (Å²) in [7, 11) is 0. The minimum atomic E-state index is 0.667. The third kappa shape index (κ3) is 5.29. The van der Waals surface area contributed by atoms with Gasteiger partial charge in [0.05, 0.1) is 0 Å². The van der Waals surface area contributed by atoms with Gasteiger partial charge in [-0.3, -0.25) is 0 Å². The van der Waals surface area contributed by atoms with Gasteiger partial charge in [-0.1, -0.05) is 72.8 Å². The molecule has 0 heterocycles. The fraction of sp³-hybridized carbons (Fsp3) is 0. The molecule has 5 nitrogen and oxygen atoms in total. The molecule has 0 aliphatic rings. The molecule has 0 amide bonds. The minimum Gasteiger partial charge on any atom is -0.456 e. The van der Waals surface area contributed by atoms with Crippen LogP contribution in [0.25, 0.3) is 44.5 Å². The maximum Gasteiger partial charge on any atom is 0.135 e. The number of anilines is 4. The highest BCUT2D eigenvalue weighted by molar-refractivity contribution is 5.92. The summed E-state index contributed by atoms with van der Waals surface area (Å²) < 4.78 is 6.87. The summed E-state index contributed by atoms with van der Waals surface area (Å²) in [5.41, 5.74) is 35.2. The quantitative estimate of drug-likeness (QED) is 0.160. The van der Waals surface area contributed by atoms with Gasteiger partial charge < -0.3 is 27.7 Å². The molecular formula is C36H30N4O. The maximum atomic E-state index is 6.87. The van der Waals surface area contributed by atoms with Crippen molar-refractivity contribution in [3.05, 3.63) is 133 Å². The van der Waals surface area contributed by atoms with E-state index in [0.717, 1.165) is 44.5 Å². The molecule has 41 heavy (non-hydrogen) atoms. The Balaban J connectivity index is 1.59. The van der Waals surface area contributed by atoms with Crippen LogP contribution in [0.1, 0.15) is 0 Å². The number of rotatable bonds is 6. The number of nitrogen functional groups attached to an aromatic ring is 4. The van der Waals surface area contributed by atoms with Crippen molar-refractivity contribution in [2.75, 3.05) is 22.9 Å². The molecule has 5 heteroatoms. The van der Waals surface area contributed by atoms with Crippen LogP contribution < -0.4 is 27.7 Å². The normalized spacial score (nSPS) is 10.8. The molecule has 0 atom stereocenters. The Bertz CT molecular complexity index is 1740. The molecule has 200 valence electrons. The summed E-state index contributed by atoms with van der Waals surface area (Å²) in [6.07, 6.45) is 0. The Morgan fingerprint density at radius 1 is 0.341 bits per heavy atom. The van der Waals surface area contributed by atoms with Crippen molar-refractivity contribution in [3.8, 4) is 56.0 Å². The minimum absolute atomic E-state index is 0.667. The van der Waals surface area contributed by atoms with E-state index in [9.17, 15) is 0 Å². The maximum absolute atomic E-state index is 6.87. The summed E-state index contributed by atoms with van der Waals surface area (Å²) in [4.78, 5) is 0. The second kappa shape index (κ2) is 10.8. The molecule has 0 saturated heterocycles. The lowest BCUT2D eigenvalue weighted by Gasteiger charge is -2.20. The largest absolute Gasteiger partial charge is 0.456 e. The van der Waals surface area contributed by atoms with Gasteiger partial charge in [0.1, 0.15) is 11.5 Å². The molecule has 6 rings (SSSR count). The molecule has 0 spiro atoms. The van der Waals surface area contributed by atoms with Gasteiger partial charge in [0.15, 0.2) is 0 Å². The van der Waals surface area contributed by atoms with E-state index < -0.39 is 0 Å². The Labute approximate surface area is 239 Å². The average molecular weight is 535 g/mol. The van der Waals surface area contributed by atoms with Crippen molar-refractivity contribution < 1.29 is 4.74 Å². The lowest BCUT2D eigenvalue weighted by Crippen LogP contribution is -1.97. The van der Waals surface area contributed by atoms with Crippen molar-refractivity contribution in [1.82, 2.24) is 0 Å². The highest BCUT2D eigenvalue weighted by Crippen LogP contribution is 2.46. The van der Waals surface area contributed by atoms with Gasteiger partial charge in [-0.15, -0.1) is 0 Å². The number of hydrogen-bond acceptors (Lipinski definition) is 5. The van der Waals surface area contributed by atoms with Crippen LogP contribution in [0.4, 0.5) is 22.7 Å². The van der Waals surface area contributed by atoms with Gasteiger partial charge in [-0.05, 0) is 94.0 Å². The van der Waals surface area contributed by atoms with E-state index in [0.29, 0.717) is 34.2 Å². The molecule has 0 bridgehead atoms. The van der Waals surface area contributed by atoms with Gasteiger partial charge >= 0.3 is 0 Å². The standard InChI is InChI=1S/C36H30N4O/c37-27-11-1-7-23(19-27)31-15-5-17-33(35(31)25-9-3-13-29(39)21-25)41-34-18-6-16-32(24-8-2-12-28(38)20-24)36(34)26-10-4-14-30(40)22-26/h1-22H,37-40H2. The first kappa shape index (κ1) is 25.6. The summed E-state index contributed by atoms with van der Waals surface area (Å²) in [5.74, 6) is 1.37. The molecule has 0 aliphatic heterocycles.